The lowest BCUT2D eigenvalue weighted by atomic mass is 9.90. The van der Waals surface area contributed by atoms with Gasteiger partial charge in [-0.1, -0.05) is 13.8 Å². The first-order valence-electron chi connectivity index (χ1n) is 3.80. The Kier molecular flexibility index (Phi) is 2.43. The fraction of sp³-hybridized carbons (Fsp3) is 0.444. The molecule has 0 saturated heterocycles. The predicted octanol–water partition coefficient (Wildman–Crippen LogP) is 1.49. The van der Waals surface area contributed by atoms with Gasteiger partial charge in [0, 0.05) is 11.6 Å². The summed E-state index contributed by atoms with van der Waals surface area (Å²) in [6.45, 7) is 3.39. The highest BCUT2D eigenvalue weighted by Crippen LogP contribution is 2.22. The van der Waals surface area contributed by atoms with Crippen LogP contribution in [-0.4, -0.2) is 16.7 Å². The van der Waals surface area contributed by atoms with E-state index in [1.807, 2.05) is 0 Å². The van der Waals surface area contributed by atoms with Crippen molar-refractivity contribution in [2.75, 3.05) is 6.61 Å². The molecule has 66 valence electrons. The molecule has 1 rings (SSSR count). The van der Waals surface area contributed by atoms with Crippen LogP contribution in [0.15, 0.2) is 18.3 Å². The number of halogens is 1. The average molecular weight is 169 g/mol. The van der Waals surface area contributed by atoms with Gasteiger partial charge in [-0.15, -0.1) is 0 Å². The monoisotopic (exact) mass is 169 g/mol. The second-order valence-corrected chi connectivity index (χ2v) is 3.38. The van der Waals surface area contributed by atoms with Crippen molar-refractivity contribution in [1.29, 1.82) is 0 Å². The standard InChI is InChI=1S/C9H12FNO/c1-9(2,6-12)8-7(10)4-3-5-11-8/h3-5,12H,6H2,1-2H3. The Labute approximate surface area is 71.1 Å². The molecule has 0 aliphatic rings. The molecule has 0 bridgehead atoms. The molecule has 2 nitrogen and oxygen atoms in total. The number of aliphatic hydroxyl groups is 1. The first-order chi connectivity index (χ1) is 5.58. The smallest absolute Gasteiger partial charge is 0.145 e. The number of aromatic nitrogens is 1. The number of hydrogen-bond acceptors (Lipinski definition) is 2. The number of rotatable bonds is 2. The van der Waals surface area contributed by atoms with Crippen LogP contribution in [0.25, 0.3) is 0 Å². The fourth-order valence-corrected chi connectivity index (χ4v) is 0.959. The van der Waals surface area contributed by atoms with Crippen LogP contribution in [0.2, 0.25) is 0 Å². The predicted molar refractivity (Wildman–Crippen MR) is 44.3 cm³/mol. The summed E-state index contributed by atoms with van der Waals surface area (Å²) in [6, 6.07) is 2.88. The Balaban J connectivity index is 3.10. The van der Waals surface area contributed by atoms with Gasteiger partial charge in [-0.3, -0.25) is 4.98 Å². The molecule has 12 heavy (non-hydrogen) atoms. The van der Waals surface area contributed by atoms with Gasteiger partial charge in [0.1, 0.15) is 5.82 Å². The number of aliphatic hydroxyl groups excluding tert-OH is 1. The zero-order valence-corrected chi connectivity index (χ0v) is 7.21. The minimum absolute atomic E-state index is 0.110. The van der Waals surface area contributed by atoms with Crippen molar-refractivity contribution in [3.05, 3.63) is 29.8 Å². The third-order valence-corrected chi connectivity index (χ3v) is 1.79. The van der Waals surface area contributed by atoms with Crippen LogP contribution in [0.3, 0.4) is 0 Å². The van der Waals surface area contributed by atoms with Crippen LogP contribution in [0.5, 0.6) is 0 Å². The van der Waals surface area contributed by atoms with Crippen LogP contribution in [-0.2, 0) is 5.41 Å². The summed E-state index contributed by atoms with van der Waals surface area (Å²) in [7, 11) is 0. The van der Waals surface area contributed by atoms with Crippen molar-refractivity contribution in [3.63, 3.8) is 0 Å². The van der Waals surface area contributed by atoms with Gasteiger partial charge in [0.05, 0.1) is 12.3 Å². The van der Waals surface area contributed by atoms with Crippen molar-refractivity contribution < 1.29 is 9.50 Å². The molecule has 1 aromatic rings. The average Bonchev–Trinajstić information content (AvgIpc) is 2.05. The molecular weight excluding hydrogens is 157 g/mol. The van der Waals surface area contributed by atoms with Gasteiger partial charge in [-0.2, -0.15) is 0 Å². The highest BCUT2D eigenvalue weighted by Gasteiger charge is 2.24. The largest absolute Gasteiger partial charge is 0.395 e. The van der Waals surface area contributed by atoms with Gasteiger partial charge in [0.2, 0.25) is 0 Å². The molecular formula is C9H12FNO. The Morgan fingerprint density at radius 1 is 1.58 bits per heavy atom. The van der Waals surface area contributed by atoms with Crippen molar-refractivity contribution in [2.24, 2.45) is 0 Å². The van der Waals surface area contributed by atoms with Gasteiger partial charge in [-0.05, 0) is 12.1 Å². The van der Waals surface area contributed by atoms with E-state index >= 15 is 0 Å². The summed E-state index contributed by atoms with van der Waals surface area (Å²) in [5.74, 6) is -0.364. The van der Waals surface area contributed by atoms with Gasteiger partial charge in [0.25, 0.3) is 0 Å². The van der Waals surface area contributed by atoms with Crippen molar-refractivity contribution in [2.45, 2.75) is 19.3 Å². The number of hydrogen-bond donors (Lipinski definition) is 1. The Morgan fingerprint density at radius 2 is 2.25 bits per heavy atom. The van der Waals surface area contributed by atoms with Crippen molar-refractivity contribution in [1.82, 2.24) is 4.98 Å². The zero-order chi connectivity index (χ0) is 9.19. The van der Waals surface area contributed by atoms with Crippen LogP contribution in [0, 0.1) is 5.82 Å². The van der Waals surface area contributed by atoms with Gasteiger partial charge >= 0.3 is 0 Å². The highest BCUT2D eigenvalue weighted by atomic mass is 19.1. The second kappa shape index (κ2) is 3.19. The first-order valence-corrected chi connectivity index (χ1v) is 3.80. The van der Waals surface area contributed by atoms with E-state index in [9.17, 15) is 4.39 Å². The molecule has 1 aromatic heterocycles. The van der Waals surface area contributed by atoms with Crippen LogP contribution >= 0.6 is 0 Å². The van der Waals surface area contributed by atoms with Crippen LogP contribution < -0.4 is 0 Å². The molecule has 0 radical (unpaired) electrons. The molecule has 0 aliphatic carbocycles. The molecule has 0 saturated carbocycles. The Bertz CT molecular complexity index is 273. The quantitative estimate of drug-likeness (QED) is 0.727. The lowest BCUT2D eigenvalue weighted by molar-refractivity contribution is 0.211. The SMILES string of the molecule is CC(C)(CO)c1ncccc1F. The van der Waals surface area contributed by atoms with E-state index in [0.717, 1.165) is 0 Å². The van der Waals surface area contributed by atoms with Crippen LogP contribution in [0.1, 0.15) is 19.5 Å². The molecule has 0 aliphatic heterocycles. The van der Waals surface area contributed by atoms with Gasteiger partial charge in [-0.25, -0.2) is 4.39 Å². The molecule has 0 unspecified atom stereocenters. The Hall–Kier alpha value is -0.960. The van der Waals surface area contributed by atoms with Crippen molar-refractivity contribution >= 4 is 0 Å². The molecule has 0 fully saturated rings. The van der Waals surface area contributed by atoms with Gasteiger partial charge < -0.3 is 5.11 Å². The van der Waals surface area contributed by atoms with E-state index in [1.54, 1.807) is 13.8 Å². The molecule has 1 N–H and O–H groups in total. The second-order valence-electron chi connectivity index (χ2n) is 3.38. The van der Waals surface area contributed by atoms with E-state index < -0.39 is 5.41 Å². The zero-order valence-electron chi connectivity index (χ0n) is 7.21. The first kappa shape index (κ1) is 9.13. The summed E-state index contributed by atoms with van der Waals surface area (Å²) in [5.41, 5.74) is -0.293. The van der Waals surface area contributed by atoms with Crippen LogP contribution in [0.4, 0.5) is 4.39 Å². The van der Waals surface area contributed by atoms with E-state index in [4.69, 9.17) is 5.11 Å². The topological polar surface area (TPSA) is 33.1 Å². The Morgan fingerprint density at radius 3 is 2.75 bits per heavy atom. The highest BCUT2D eigenvalue weighted by molar-refractivity contribution is 5.16. The lowest BCUT2D eigenvalue weighted by Crippen LogP contribution is -2.25. The van der Waals surface area contributed by atoms with E-state index in [1.165, 1.54) is 18.3 Å². The summed E-state index contributed by atoms with van der Waals surface area (Å²) < 4.78 is 13.1. The maximum absolute atomic E-state index is 13.1. The number of pyridine rings is 1. The molecule has 1 heterocycles. The van der Waals surface area contributed by atoms with E-state index in [0.29, 0.717) is 5.69 Å². The summed E-state index contributed by atoms with van der Waals surface area (Å²) in [5, 5.41) is 8.97. The lowest BCUT2D eigenvalue weighted by Gasteiger charge is -2.20. The maximum atomic E-state index is 13.1. The third-order valence-electron chi connectivity index (χ3n) is 1.79. The van der Waals surface area contributed by atoms with E-state index in [-0.39, 0.29) is 12.4 Å². The molecule has 0 atom stereocenters. The molecule has 0 aromatic carbocycles. The van der Waals surface area contributed by atoms with Gasteiger partial charge in [0.15, 0.2) is 0 Å². The summed E-state index contributed by atoms with van der Waals surface area (Å²) in [4.78, 5) is 3.89. The minimum Gasteiger partial charge on any atom is -0.395 e. The maximum Gasteiger partial charge on any atom is 0.145 e. The van der Waals surface area contributed by atoms with E-state index in [2.05, 4.69) is 4.98 Å². The third kappa shape index (κ3) is 1.61. The molecule has 3 heteroatoms. The minimum atomic E-state index is -0.606. The molecule has 0 amide bonds. The molecule has 0 spiro atoms. The summed E-state index contributed by atoms with van der Waals surface area (Å²) >= 11 is 0. The number of nitrogens with zero attached hydrogens (tertiary/aromatic N) is 1. The fourth-order valence-electron chi connectivity index (χ4n) is 0.959. The summed E-state index contributed by atoms with van der Waals surface area (Å²) in [6.07, 6.45) is 1.52. The normalized spacial score (nSPS) is 11.7. The van der Waals surface area contributed by atoms with Crippen molar-refractivity contribution in [3.8, 4) is 0 Å².